The van der Waals surface area contributed by atoms with Crippen molar-refractivity contribution in [3.8, 4) is 0 Å². The molecular weight excluding hydrogens is 182 g/mol. The second-order valence-electron chi connectivity index (χ2n) is 1.81. The Bertz CT molecular complexity index is 159. The van der Waals surface area contributed by atoms with Gasteiger partial charge < -0.3 is 9.94 Å². The van der Waals surface area contributed by atoms with Crippen LogP contribution in [0.2, 0.25) is 0 Å². The second-order valence-corrected chi connectivity index (χ2v) is 3.38. The molecule has 0 bridgehead atoms. The van der Waals surface area contributed by atoms with Gasteiger partial charge in [-0.15, -0.1) is 0 Å². The van der Waals surface area contributed by atoms with Crippen LogP contribution in [0.5, 0.6) is 0 Å². The van der Waals surface area contributed by atoms with Gasteiger partial charge in [0, 0.05) is 5.75 Å². The maximum absolute atomic E-state index is 8.27. The van der Waals surface area contributed by atoms with Gasteiger partial charge >= 0.3 is 0 Å². The van der Waals surface area contributed by atoms with Crippen molar-refractivity contribution >= 4 is 34.1 Å². The fraction of sp³-hybridized carbons (Fsp3) is 0.667. The number of nitrogens with zero attached hydrogens (tertiary/aromatic N) is 1. The van der Waals surface area contributed by atoms with E-state index in [1.54, 1.807) is 6.92 Å². The molecule has 0 atom stereocenters. The molecule has 11 heavy (non-hydrogen) atoms. The molecule has 0 unspecified atom stereocenters. The van der Waals surface area contributed by atoms with Gasteiger partial charge in [-0.1, -0.05) is 16.9 Å². The van der Waals surface area contributed by atoms with Gasteiger partial charge in [-0.2, -0.15) is 0 Å². The maximum Gasteiger partial charge on any atom is 0.220 e. The van der Waals surface area contributed by atoms with Crippen molar-refractivity contribution < 1.29 is 9.94 Å². The van der Waals surface area contributed by atoms with Crippen LogP contribution in [0.25, 0.3) is 0 Å². The fourth-order valence-corrected chi connectivity index (χ4v) is 1.23. The van der Waals surface area contributed by atoms with Crippen LogP contribution in [0.1, 0.15) is 13.8 Å². The Morgan fingerprint density at radius 1 is 1.73 bits per heavy atom. The van der Waals surface area contributed by atoms with Gasteiger partial charge in [0.05, 0.1) is 12.3 Å². The normalized spacial score (nSPS) is 11.3. The van der Waals surface area contributed by atoms with Crippen LogP contribution in [-0.2, 0) is 4.74 Å². The molecule has 0 spiro atoms. The smallest absolute Gasteiger partial charge is 0.220 e. The van der Waals surface area contributed by atoms with E-state index in [1.165, 1.54) is 11.8 Å². The summed E-state index contributed by atoms with van der Waals surface area (Å²) in [5.74, 6) is 0.579. The molecule has 0 amide bonds. The van der Waals surface area contributed by atoms with E-state index in [0.717, 1.165) is 0 Å². The molecule has 0 aromatic rings. The van der Waals surface area contributed by atoms with Crippen molar-refractivity contribution in [3.05, 3.63) is 0 Å². The Hall–Kier alpha value is -0.290. The van der Waals surface area contributed by atoms with Crippen LogP contribution in [0.3, 0.4) is 0 Å². The quantitative estimate of drug-likeness (QED) is 0.322. The number of rotatable bonds is 3. The van der Waals surface area contributed by atoms with E-state index in [4.69, 9.17) is 22.2 Å². The SMILES string of the molecule is CCOC(=S)SCC(C)=NO. The third-order valence-corrected chi connectivity index (χ3v) is 2.22. The molecule has 0 saturated carbocycles. The summed E-state index contributed by atoms with van der Waals surface area (Å²) in [5.41, 5.74) is 0.636. The number of ether oxygens (including phenoxy) is 1. The zero-order valence-corrected chi connectivity index (χ0v) is 8.17. The topological polar surface area (TPSA) is 41.8 Å². The lowest BCUT2D eigenvalue weighted by Gasteiger charge is -2.02. The summed E-state index contributed by atoms with van der Waals surface area (Å²) in [4.78, 5) is 0. The van der Waals surface area contributed by atoms with Crippen molar-refractivity contribution in [3.63, 3.8) is 0 Å². The highest BCUT2D eigenvalue weighted by molar-refractivity contribution is 8.23. The zero-order chi connectivity index (χ0) is 8.69. The Morgan fingerprint density at radius 2 is 2.36 bits per heavy atom. The molecule has 0 fully saturated rings. The predicted octanol–water partition coefficient (Wildman–Crippen LogP) is 1.89. The minimum absolute atomic E-state index is 0.496. The number of hydrogen-bond donors (Lipinski definition) is 1. The maximum atomic E-state index is 8.27. The monoisotopic (exact) mass is 193 g/mol. The minimum atomic E-state index is 0.496. The van der Waals surface area contributed by atoms with Crippen LogP contribution in [0.4, 0.5) is 0 Å². The lowest BCUT2D eigenvalue weighted by atomic mass is 10.5. The Morgan fingerprint density at radius 3 is 2.82 bits per heavy atom. The molecule has 3 nitrogen and oxygen atoms in total. The summed E-state index contributed by atoms with van der Waals surface area (Å²) in [6, 6.07) is 0. The number of oxime groups is 1. The van der Waals surface area contributed by atoms with Gasteiger partial charge in [0.15, 0.2) is 0 Å². The van der Waals surface area contributed by atoms with Crippen LogP contribution in [-0.4, -0.2) is 27.7 Å². The second kappa shape index (κ2) is 6.42. The van der Waals surface area contributed by atoms with Crippen molar-refractivity contribution in [1.29, 1.82) is 0 Å². The summed E-state index contributed by atoms with van der Waals surface area (Å²) in [6.07, 6.45) is 0. The zero-order valence-electron chi connectivity index (χ0n) is 6.53. The summed E-state index contributed by atoms with van der Waals surface area (Å²) in [6.45, 7) is 4.18. The van der Waals surface area contributed by atoms with Crippen LogP contribution < -0.4 is 0 Å². The fourth-order valence-electron chi connectivity index (χ4n) is 0.352. The first-order valence-corrected chi connectivity index (χ1v) is 4.57. The number of hydrogen-bond acceptors (Lipinski definition) is 5. The van der Waals surface area contributed by atoms with E-state index < -0.39 is 0 Å². The van der Waals surface area contributed by atoms with Crippen LogP contribution in [0, 0.1) is 0 Å². The van der Waals surface area contributed by atoms with Gasteiger partial charge in [-0.3, -0.25) is 0 Å². The van der Waals surface area contributed by atoms with Crippen molar-refractivity contribution in [1.82, 2.24) is 0 Å². The third kappa shape index (κ3) is 6.12. The van der Waals surface area contributed by atoms with Gasteiger partial charge in [-0.25, -0.2) is 0 Å². The van der Waals surface area contributed by atoms with Gasteiger partial charge in [0.1, 0.15) is 0 Å². The van der Waals surface area contributed by atoms with E-state index in [2.05, 4.69) is 5.16 Å². The molecule has 0 radical (unpaired) electrons. The average Bonchev–Trinajstić information content (AvgIpc) is 2.01. The largest absolute Gasteiger partial charge is 0.479 e. The van der Waals surface area contributed by atoms with E-state index in [-0.39, 0.29) is 0 Å². The van der Waals surface area contributed by atoms with Crippen molar-refractivity contribution in [2.24, 2.45) is 5.16 Å². The van der Waals surface area contributed by atoms with E-state index in [9.17, 15) is 0 Å². The molecule has 0 aromatic heterocycles. The average molecular weight is 193 g/mol. The Balaban J connectivity index is 3.46. The molecule has 1 N–H and O–H groups in total. The predicted molar refractivity (Wildman–Crippen MR) is 51.6 cm³/mol. The molecule has 0 heterocycles. The van der Waals surface area contributed by atoms with Crippen LogP contribution >= 0.6 is 24.0 Å². The van der Waals surface area contributed by atoms with Crippen LogP contribution in [0.15, 0.2) is 5.16 Å². The molecule has 0 aliphatic heterocycles. The summed E-state index contributed by atoms with van der Waals surface area (Å²) in [5, 5.41) is 11.3. The Labute approximate surface area is 75.8 Å². The molecular formula is C6H11NO2S2. The first kappa shape index (κ1) is 10.7. The standard InChI is InChI=1S/C6H11NO2S2/c1-3-9-6(10)11-4-5(2)7-8/h8H,3-4H2,1-2H3. The van der Waals surface area contributed by atoms with Gasteiger partial charge in [0.2, 0.25) is 4.38 Å². The first-order chi connectivity index (χ1) is 5.20. The van der Waals surface area contributed by atoms with Gasteiger partial charge in [-0.05, 0) is 26.1 Å². The van der Waals surface area contributed by atoms with E-state index in [0.29, 0.717) is 22.5 Å². The Kier molecular flexibility index (Phi) is 6.25. The molecule has 64 valence electrons. The lowest BCUT2D eigenvalue weighted by Crippen LogP contribution is -2.02. The molecule has 5 heteroatoms. The minimum Gasteiger partial charge on any atom is -0.479 e. The molecule has 0 aliphatic carbocycles. The number of thioether (sulfide) groups is 1. The van der Waals surface area contributed by atoms with Gasteiger partial charge in [0.25, 0.3) is 0 Å². The molecule has 0 rings (SSSR count). The summed E-state index contributed by atoms with van der Waals surface area (Å²) >= 11 is 6.18. The highest BCUT2D eigenvalue weighted by atomic mass is 32.2. The highest BCUT2D eigenvalue weighted by Gasteiger charge is 1.98. The third-order valence-electron chi connectivity index (χ3n) is 0.832. The molecule has 0 aromatic carbocycles. The van der Waals surface area contributed by atoms with E-state index in [1.807, 2.05) is 6.92 Å². The van der Waals surface area contributed by atoms with Crippen molar-refractivity contribution in [2.45, 2.75) is 13.8 Å². The van der Waals surface area contributed by atoms with E-state index >= 15 is 0 Å². The number of thiocarbonyl (C=S) groups is 1. The molecule has 0 saturated heterocycles. The van der Waals surface area contributed by atoms with Crippen molar-refractivity contribution in [2.75, 3.05) is 12.4 Å². The first-order valence-electron chi connectivity index (χ1n) is 3.17. The summed E-state index contributed by atoms with van der Waals surface area (Å²) < 4.78 is 5.49. The summed E-state index contributed by atoms with van der Waals surface area (Å²) in [7, 11) is 0. The lowest BCUT2D eigenvalue weighted by molar-refractivity contribution is 0.318. The molecule has 0 aliphatic rings. The highest BCUT2D eigenvalue weighted by Crippen LogP contribution is 2.05.